The minimum atomic E-state index is -0.859. The fourth-order valence-electron chi connectivity index (χ4n) is 4.07. The van der Waals surface area contributed by atoms with Crippen LogP contribution in [0.2, 0.25) is 0 Å². The van der Waals surface area contributed by atoms with Gasteiger partial charge in [0.15, 0.2) is 0 Å². The number of carbonyl (C=O) groups is 3. The van der Waals surface area contributed by atoms with Crippen LogP contribution in [0.4, 0.5) is 10.5 Å². The van der Waals surface area contributed by atoms with Gasteiger partial charge in [0.25, 0.3) is 11.8 Å². The normalized spacial score (nSPS) is 14.9. The van der Waals surface area contributed by atoms with Crippen LogP contribution in [0.1, 0.15) is 33.2 Å². The van der Waals surface area contributed by atoms with Crippen molar-refractivity contribution in [2.75, 3.05) is 5.32 Å². The summed E-state index contributed by atoms with van der Waals surface area (Å²) in [6.45, 7) is 2.33. The van der Waals surface area contributed by atoms with Crippen LogP contribution >= 0.6 is 0 Å². The first-order valence-corrected chi connectivity index (χ1v) is 11.1. The fraction of sp³-hybridized carbons (Fsp3) is 0.111. The number of carbonyl (C=O) groups excluding carboxylic acids is 3. The first-order chi connectivity index (χ1) is 17.0. The molecule has 4 amide bonds. The number of aryl methyl sites for hydroxylation is 1. The lowest BCUT2D eigenvalue weighted by atomic mass is 10.0. The van der Waals surface area contributed by atoms with Crippen molar-refractivity contribution in [3.8, 4) is 5.75 Å². The average molecular weight is 466 g/mol. The minimum absolute atomic E-state index is 0.343. The quantitative estimate of drug-likeness (QED) is 0.368. The number of nitrogens with zero attached hydrogens (tertiary/aromatic N) is 1. The Hall–Kier alpha value is -4.72. The van der Waals surface area contributed by atoms with Gasteiger partial charge >= 0.3 is 6.03 Å². The van der Waals surface area contributed by atoms with Crippen molar-refractivity contribution in [1.29, 1.82) is 0 Å². The van der Waals surface area contributed by atoms with E-state index in [0.29, 0.717) is 29.2 Å². The summed E-state index contributed by atoms with van der Waals surface area (Å²) in [5.41, 5.74) is 4.26. The maximum absolute atomic E-state index is 12.9. The SMILES string of the molecule is Cc1cc(COc2ccc(C(=O)Nc3ccccc3C3NC(=O)NC3=O)cc2)c2ccccc2n1. The van der Waals surface area contributed by atoms with E-state index in [2.05, 4.69) is 20.9 Å². The van der Waals surface area contributed by atoms with E-state index in [9.17, 15) is 14.4 Å². The van der Waals surface area contributed by atoms with Crippen LogP contribution in [-0.4, -0.2) is 22.8 Å². The number of urea groups is 1. The highest BCUT2D eigenvalue weighted by Gasteiger charge is 2.32. The van der Waals surface area contributed by atoms with E-state index in [0.717, 1.165) is 22.2 Å². The number of hydrogen-bond acceptors (Lipinski definition) is 5. The Morgan fingerprint density at radius 3 is 2.51 bits per heavy atom. The molecule has 0 saturated carbocycles. The zero-order valence-electron chi connectivity index (χ0n) is 18.9. The number of aromatic nitrogens is 1. The number of nitrogens with one attached hydrogen (secondary N) is 3. The Morgan fingerprint density at radius 1 is 1.00 bits per heavy atom. The van der Waals surface area contributed by atoms with Crippen molar-refractivity contribution in [2.45, 2.75) is 19.6 Å². The van der Waals surface area contributed by atoms with Gasteiger partial charge < -0.3 is 15.4 Å². The molecule has 1 atom stereocenters. The van der Waals surface area contributed by atoms with E-state index in [1.54, 1.807) is 48.5 Å². The smallest absolute Gasteiger partial charge is 0.322 e. The Balaban J connectivity index is 1.28. The molecule has 2 heterocycles. The van der Waals surface area contributed by atoms with Crippen molar-refractivity contribution in [3.63, 3.8) is 0 Å². The number of rotatable bonds is 6. The van der Waals surface area contributed by atoms with Crippen molar-refractivity contribution < 1.29 is 19.1 Å². The van der Waals surface area contributed by atoms with Gasteiger partial charge in [-0.05, 0) is 49.4 Å². The van der Waals surface area contributed by atoms with Crippen molar-refractivity contribution in [2.24, 2.45) is 0 Å². The van der Waals surface area contributed by atoms with E-state index in [1.165, 1.54) is 0 Å². The molecule has 8 heteroatoms. The summed E-state index contributed by atoms with van der Waals surface area (Å²) in [5, 5.41) is 8.62. The molecular weight excluding hydrogens is 444 g/mol. The molecule has 3 N–H and O–H groups in total. The lowest BCUT2D eigenvalue weighted by Crippen LogP contribution is -2.22. The molecule has 8 nitrogen and oxygen atoms in total. The van der Waals surface area contributed by atoms with Crippen LogP contribution in [0.15, 0.2) is 78.9 Å². The number of ether oxygens (including phenoxy) is 1. The minimum Gasteiger partial charge on any atom is -0.489 e. The standard InChI is InChI=1S/C27H22N4O4/c1-16-14-18(20-6-2-4-8-22(20)28-16)15-35-19-12-10-17(11-13-19)25(32)29-23-9-5-3-7-21(23)24-26(33)31-27(34)30-24/h2-14,24H,15H2,1H3,(H,29,32)(H2,30,31,33,34). The van der Waals surface area contributed by atoms with Gasteiger partial charge in [0, 0.05) is 33.5 Å². The molecule has 1 aromatic heterocycles. The third-order valence-electron chi connectivity index (χ3n) is 5.74. The second-order valence-electron chi connectivity index (χ2n) is 8.19. The summed E-state index contributed by atoms with van der Waals surface area (Å²) in [6.07, 6.45) is 0. The van der Waals surface area contributed by atoms with Crippen LogP contribution in [0.25, 0.3) is 10.9 Å². The number of para-hydroxylation sites is 2. The number of imide groups is 1. The predicted molar refractivity (Wildman–Crippen MR) is 131 cm³/mol. The Kier molecular flexibility index (Phi) is 5.85. The highest BCUT2D eigenvalue weighted by Crippen LogP contribution is 2.26. The maximum Gasteiger partial charge on any atom is 0.322 e. The van der Waals surface area contributed by atoms with E-state index < -0.39 is 18.0 Å². The number of anilines is 1. The van der Waals surface area contributed by atoms with E-state index in [1.807, 2.05) is 37.3 Å². The molecule has 0 radical (unpaired) electrons. The summed E-state index contributed by atoms with van der Waals surface area (Å²) in [4.78, 5) is 41.0. The first-order valence-electron chi connectivity index (χ1n) is 11.1. The predicted octanol–water partition coefficient (Wildman–Crippen LogP) is 4.26. The third-order valence-corrected chi connectivity index (χ3v) is 5.74. The summed E-state index contributed by atoms with van der Waals surface area (Å²) < 4.78 is 5.97. The Morgan fingerprint density at radius 2 is 1.74 bits per heavy atom. The molecule has 1 saturated heterocycles. The third kappa shape index (κ3) is 4.67. The number of benzene rings is 3. The van der Waals surface area contributed by atoms with Gasteiger partial charge in [-0.1, -0.05) is 36.4 Å². The van der Waals surface area contributed by atoms with E-state index in [4.69, 9.17) is 4.74 Å². The van der Waals surface area contributed by atoms with Gasteiger partial charge in [0.2, 0.25) is 0 Å². The fourth-order valence-corrected chi connectivity index (χ4v) is 4.07. The second kappa shape index (κ2) is 9.26. The van der Waals surface area contributed by atoms with Crippen LogP contribution in [0.3, 0.4) is 0 Å². The molecule has 0 aliphatic carbocycles. The van der Waals surface area contributed by atoms with Gasteiger partial charge in [-0.25, -0.2) is 4.79 Å². The van der Waals surface area contributed by atoms with Crippen LogP contribution in [0, 0.1) is 6.92 Å². The molecule has 1 unspecified atom stereocenters. The molecule has 0 spiro atoms. The van der Waals surface area contributed by atoms with Gasteiger partial charge in [-0.15, -0.1) is 0 Å². The highest BCUT2D eigenvalue weighted by atomic mass is 16.5. The van der Waals surface area contributed by atoms with Crippen LogP contribution < -0.4 is 20.7 Å². The number of amides is 4. The highest BCUT2D eigenvalue weighted by molar-refractivity contribution is 6.07. The lowest BCUT2D eigenvalue weighted by molar-refractivity contribution is -0.120. The van der Waals surface area contributed by atoms with Gasteiger partial charge in [0.1, 0.15) is 18.4 Å². The number of fused-ring (bicyclic) bond motifs is 1. The van der Waals surface area contributed by atoms with Crippen molar-refractivity contribution >= 4 is 34.4 Å². The zero-order chi connectivity index (χ0) is 24.4. The second-order valence-corrected chi connectivity index (χ2v) is 8.19. The zero-order valence-corrected chi connectivity index (χ0v) is 18.9. The summed E-state index contributed by atoms with van der Waals surface area (Å²) in [5.74, 6) is -0.175. The molecule has 1 aliphatic rings. The first kappa shape index (κ1) is 22.1. The van der Waals surface area contributed by atoms with Crippen molar-refractivity contribution in [1.82, 2.24) is 15.6 Å². The summed E-state index contributed by atoms with van der Waals surface area (Å²) in [6, 6.07) is 22.2. The number of hydrogen-bond donors (Lipinski definition) is 3. The van der Waals surface area contributed by atoms with E-state index in [-0.39, 0.29) is 5.91 Å². The van der Waals surface area contributed by atoms with Gasteiger partial charge in [0.05, 0.1) is 5.52 Å². The molecule has 5 rings (SSSR count). The monoisotopic (exact) mass is 466 g/mol. The Labute approximate surface area is 201 Å². The van der Waals surface area contributed by atoms with Crippen LogP contribution in [0.5, 0.6) is 5.75 Å². The molecule has 4 aromatic rings. The molecule has 3 aromatic carbocycles. The topological polar surface area (TPSA) is 109 Å². The largest absolute Gasteiger partial charge is 0.489 e. The molecular formula is C27H22N4O4. The lowest BCUT2D eigenvalue weighted by Gasteiger charge is -2.15. The summed E-state index contributed by atoms with van der Waals surface area (Å²) >= 11 is 0. The Bertz CT molecular complexity index is 1450. The molecule has 0 bridgehead atoms. The van der Waals surface area contributed by atoms with Gasteiger partial charge in [-0.3, -0.25) is 19.9 Å². The molecule has 174 valence electrons. The van der Waals surface area contributed by atoms with Crippen LogP contribution in [-0.2, 0) is 11.4 Å². The average Bonchev–Trinajstić information content (AvgIpc) is 3.20. The maximum atomic E-state index is 12.9. The molecule has 35 heavy (non-hydrogen) atoms. The molecule has 1 fully saturated rings. The summed E-state index contributed by atoms with van der Waals surface area (Å²) in [7, 11) is 0. The molecule has 1 aliphatic heterocycles. The van der Waals surface area contributed by atoms with Crippen molar-refractivity contribution in [3.05, 3.63) is 101 Å². The van der Waals surface area contributed by atoms with Gasteiger partial charge in [-0.2, -0.15) is 0 Å². The van der Waals surface area contributed by atoms with E-state index >= 15 is 0 Å². The number of pyridine rings is 1.